The van der Waals surface area contributed by atoms with E-state index in [2.05, 4.69) is 0 Å². The number of anilines is 2. The maximum atomic E-state index is 14.4. The summed E-state index contributed by atoms with van der Waals surface area (Å²) < 4.78 is 81.4. The van der Waals surface area contributed by atoms with Crippen molar-refractivity contribution in [2.24, 2.45) is 11.5 Å². The predicted molar refractivity (Wildman–Crippen MR) is 238 cm³/mol. The van der Waals surface area contributed by atoms with Crippen molar-refractivity contribution in [1.29, 1.82) is 0 Å². The molecule has 0 heterocycles. The van der Waals surface area contributed by atoms with Crippen LogP contribution in [0.25, 0.3) is 0 Å². The average molecular weight is 908 g/mol. The Kier molecular flexibility index (Phi) is 16.2. The van der Waals surface area contributed by atoms with Crippen molar-refractivity contribution in [3.05, 3.63) is 199 Å². The van der Waals surface area contributed by atoms with Crippen LogP contribution >= 0.6 is 23.2 Å². The molecule has 0 saturated heterocycles. The second-order valence-corrected chi connectivity index (χ2v) is 15.9. The second kappa shape index (κ2) is 21.1. The van der Waals surface area contributed by atoms with Crippen molar-refractivity contribution in [3.8, 4) is 0 Å². The molecule has 4 N–H and O–H groups in total. The largest absolute Gasteiger partial charge is 0.419 e. The molecule has 0 aliphatic carbocycles. The Morgan fingerprint density at radius 2 is 1.05 bits per heavy atom. The molecule has 0 spiro atoms. The molecule has 0 radical (unpaired) electrons. The molecule has 0 aromatic heterocycles. The smallest absolute Gasteiger partial charge is 0.316 e. The van der Waals surface area contributed by atoms with Crippen LogP contribution in [0, 0.1) is 45.1 Å². The Labute approximate surface area is 373 Å². The van der Waals surface area contributed by atoms with Crippen molar-refractivity contribution >= 4 is 46.4 Å². The van der Waals surface area contributed by atoms with Gasteiger partial charge in [0, 0.05) is 40.1 Å². The first-order chi connectivity index (χ1) is 29.8. The van der Waals surface area contributed by atoms with Crippen LogP contribution < -0.4 is 21.3 Å². The molecule has 2 atom stereocenters. The molecule has 0 unspecified atom stereocenters. The van der Waals surface area contributed by atoms with Crippen LogP contribution in [0.3, 0.4) is 0 Å². The minimum Gasteiger partial charge on any atom is -0.316 e. The van der Waals surface area contributed by atoms with E-state index in [4.69, 9.17) is 34.7 Å². The fourth-order valence-corrected chi connectivity index (χ4v) is 7.13. The van der Waals surface area contributed by atoms with Gasteiger partial charge in [-0.15, -0.1) is 0 Å². The molecule has 0 aliphatic heterocycles. The van der Waals surface area contributed by atoms with Crippen LogP contribution in [0.2, 0.25) is 10.0 Å². The summed E-state index contributed by atoms with van der Waals surface area (Å²) in [5, 5.41) is 1.25. The summed E-state index contributed by atoms with van der Waals surface area (Å²) in [6.45, 7) is 7.85. The number of halogens is 8. The van der Waals surface area contributed by atoms with Gasteiger partial charge in [0.1, 0.15) is 17.9 Å². The van der Waals surface area contributed by atoms with Gasteiger partial charge >= 0.3 is 6.18 Å². The van der Waals surface area contributed by atoms with Gasteiger partial charge in [-0.25, -0.2) is 13.2 Å². The molecule has 0 saturated carbocycles. The first kappa shape index (κ1) is 48.4. The molecule has 14 heteroatoms. The number of nitrogens with two attached hydrogens (primary N) is 2. The third-order valence-corrected chi connectivity index (χ3v) is 11.3. The van der Waals surface area contributed by atoms with Gasteiger partial charge in [-0.2, -0.15) is 13.2 Å². The van der Waals surface area contributed by atoms with E-state index in [1.54, 1.807) is 65.6 Å². The minimum atomic E-state index is -5.26. The Morgan fingerprint density at radius 3 is 1.49 bits per heavy atom. The highest BCUT2D eigenvalue weighted by Gasteiger charge is 2.38. The number of carbonyl (C=O) groups excluding carboxylic acids is 2. The van der Waals surface area contributed by atoms with E-state index in [0.717, 1.165) is 33.5 Å². The van der Waals surface area contributed by atoms with Gasteiger partial charge in [-0.1, -0.05) is 96.0 Å². The molecular weight excluding hydrogens is 861 g/mol. The number of rotatable bonds is 12. The number of amides is 2. The molecule has 6 rings (SSSR count). The van der Waals surface area contributed by atoms with Gasteiger partial charge in [-0.05, 0) is 128 Å². The Hall–Kier alpha value is -5.66. The lowest BCUT2D eigenvalue weighted by atomic mass is 10.0. The maximum absolute atomic E-state index is 14.4. The Morgan fingerprint density at radius 1 is 0.587 bits per heavy atom. The summed E-state index contributed by atoms with van der Waals surface area (Å²) in [7, 11) is 0. The second-order valence-electron chi connectivity index (χ2n) is 15.0. The zero-order valence-electron chi connectivity index (χ0n) is 34.9. The highest BCUT2D eigenvalue weighted by Crippen LogP contribution is 2.35. The molecule has 6 aromatic carbocycles. The molecule has 6 aromatic rings. The topological polar surface area (TPSA) is 92.7 Å². The van der Waals surface area contributed by atoms with Gasteiger partial charge in [0.2, 0.25) is 11.8 Å². The molecule has 6 nitrogen and oxygen atoms in total. The molecule has 0 fully saturated rings. The Balaban J connectivity index is 0.000000240. The highest BCUT2D eigenvalue weighted by molar-refractivity contribution is 6.33. The average Bonchev–Trinajstić information content (AvgIpc) is 3.26. The van der Waals surface area contributed by atoms with Crippen molar-refractivity contribution < 1.29 is 35.9 Å². The zero-order chi connectivity index (χ0) is 46.2. The fraction of sp³-hybridized carbons (Fsp3) is 0.224. The molecule has 0 aliphatic rings. The van der Waals surface area contributed by atoms with Crippen LogP contribution in [0.5, 0.6) is 0 Å². The van der Waals surface area contributed by atoms with E-state index in [-0.39, 0.29) is 18.5 Å². The number of benzene rings is 6. The molecule has 2 amide bonds. The van der Waals surface area contributed by atoms with Gasteiger partial charge in [0.25, 0.3) is 0 Å². The number of nitrogens with zero attached hydrogens (tertiary/aromatic N) is 2. The summed E-state index contributed by atoms with van der Waals surface area (Å²) in [5.41, 5.74) is 17.0. The van der Waals surface area contributed by atoms with Crippen molar-refractivity contribution in [2.45, 2.75) is 58.8 Å². The van der Waals surface area contributed by atoms with E-state index in [0.29, 0.717) is 34.3 Å². The van der Waals surface area contributed by atoms with E-state index < -0.39 is 59.2 Å². The number of carbonyl (C=O) groups is 2. The lowest BCUT2D eigenvalue weighted by Gasteiger charge is -2.27. The first-order valence-electron chi connectivity index (χ1n) is 19.8. The monoisotopic (exact) mass is 906 g/mol. The fourth-order valence-electron chi connectivity index (χ4n) is 6.72. The van der Waals surface area contributed by atoms with Crippen LogP contribution in [0.4, 0.5) is 37.7 Å². The number of hydrogen-bond donors (Lipinski definition) is 2. The van der Waals surface area contributed by atoms with Crippen LogP contribution in [0.15, 0.2) is 121 Å². The van der Waals surface area contributed by atoms with E-state index in [1.165, 1.54) is 10.5 Å². The van der Waals surface area contributed by atoms with Crippen LogP contribution in [-0.4, -0.2) is 24.9 Å². The number of aryl methyl sites for hydroxylation is 4. The van der Waals surface area contributed by atoms with E-state index in [9.17, 15) is 35.9 Å². The SMILES string of the molecule is Cc1ccc(N(CCc2c(F)cc(C(F)(F)F)c(F)c2F)C(=O)[C@@H](N)c2ccccc2)cc1C.Cc1ccc(N(CCc2cc(Cl)ccc2Cl)C(=O)[C@@H](N)c2ccccc2)cc1C. The third kappa shape index (κ3) is 12.1. The minimum absolute atomic E-state index is 0.0777. The molecule has 0 bridgehead atoms. The van der Waals surface area contributed by atoms with Crippen LogP contribution in [0.1, 0.15) is 62.2 Å². The maximum Gasteiger partial charge on any atom is 0.419 e. The van der Waals surface area contributed by atoms with Crippen molar-refractivity contribution in [2.75, 3.05) is 22.9 Å². The highest BCUT2D eigenvalue weighted by atomic mass is 35.5. The number of alkyl halides is 3. The van der Waals surface area contributed by atoms with Crippen molar-refractivity contribution in [1.82, 2.24) is 0 Å². The van der Waals surface area contributed by atoms with Gasteiger partial charge in [-0.3, -0.25) is 9.59 Å². The predicted octanol–water partition coefficient (Wildman–Crippen LogP) is 11.9. The lowest BCUT2D eigenvalue weighted by molar-refractivity contribution is -0.140. The van der Waals surface area contributed by atoms with Crippen molar-refractivity contribution in [3.63, 3.8) is 0 Å². The summed E-state index contributed by atoms with van der Waals surface area (Å²) in [6, 6.07) is 32.3. The third-order valence-electron chi connectivity index (χ3n) is 10.7. The lowest BCUT2D eigenvalue weighted by Crippen LogP contribution is -2.40. The summed E-state index contributed by atoms with van der Waals surface area (Å²) >= 11 is 12.4. The summed E-state index contributed by atoms with van der Waals surface area (Å²) in [6.07, 6.45) is -5.26. The zero-order valence-corrected chi connectivity index (χ0v) is 36.4. The van der Waals surface area contributed by atoms with Crippen LogP contribution in [-0.2, 0) is 28.6 Å². The van der Waals surface area contributed by atoms with E-state index in [1.807, 2.05) is 82.3 Å². The normalized spacial score (nSPS) is 12.2. The first-order valence-corrected chi connectivity index (χ1v) is 20.6. The Bertz CT molecular complexity index is 2560. The molecule has 330 valence electrons. The summed E-state index contributed by atoms with van der Waals surface area (Å²) in [4.78, 5) is 29.6. The molecular formula is C49H46Cl2F6N4O2. The quantitative estimate of drug-likeness (QED) is 0.0945. The number of hydrogen-bond acceptors (Lipinski definition) is 4. The van der Waals surface area contributed by atoms with Gasteiger partial charge in [0.05, 0.1) is 5.56 Å². The summed E-state index contributed by atoms with van der Waals surface area (Å²) in [5.74, 6) is -6.42. The van der Waals surface area contributed by atoms with Gasteiger partial charge in [0.15, 0.2) is 11.6 Å². The van der Waals surface area contributed by atoms with Gasteiger partial charge < -0.3 is 21.3 Å². The van der Waals surface area contributed by atoms with E-state index >= 15 is 0 Å². The molecule has 63 heavy (non-hydrogen) atoms. The standard InChI is InChI=1S/C25H22F6N2O.C24H24Cl2N2O/c1-14-8-9-17(12-15(14)2)33(24(34)23(32)16-6-4-3-5-7-16)11-10-18-20(26)13-19(25(29,30)31)22(28)21(18)27;1-16-8-10-21(14-17(16)2)28(13-12-19-15-20(25)9-11-22(19)26)24(29)23(27)18-6-4-3-5-7-18/h3-9,12-13,23H,10-11,32H2,1-2H3;3-11,14-15,23H,12-13,27H2,1-2H3/t2*23-/m00/s1.